The summed E-state index contributed by atoms with van der Waals surface area (Å²) in [6, 6.07) is 11.7. The van der Waals surface area contributed by atoms with Crippen LogP contribution >= 0.6 is 0 Å². The number of cyclic esters (lactones) is 1. The van der Waals surface area contributed by atoms with Crippen molar-refractivity contribution in [2.24, 2.45) is 11.8 Å². The van der Waals surface area contributed by atoms with Crippen molar-refractivity contribution in [3.63, 3.8) is 0 Å². The van der Waals surface area contributed by atoms with Crippen molar-refractivity contribution in [1.29, 1.82) is 0 Å². The number of nitrogens with one attached hydrogen (secondary N) is 1. The van der Waals surface area contributed by atoms with Gasteiger partial charge >= 0.3 is 5.97 Å². The second kappa shape index (κ2) is 11.9. The first-order valence-corrected chi connectivity index (χ1v) is 14.8. The molecular weight excluding hydrogens is 612 g/mol. The van der Waals surface area contributed by atoms with Gasteiger partial charge in [0.2, 0.25) is 12.5 Å². The molecule has 14 nitrogen and oxygen atoms in total. The summed E-state index contributed by atoms with van der Waals surface area (Å²) in [7, 11) is 6.06. The summed E-state index contributed by atoms with van der Waals surface area (Å²) in [5.74, 6) is 0.261. The van der Waals surface area contributed by atoms with E-state index in [0.29, 0.717) is 34.5 Å². The van der Waals surface area contributed by atoms with Gasteiger partial charge in [-0.3, -0.25) is 9.59 Å². The number of amides is 1. The molecule has 3 aliphatic rings. The van der Waals surface area contributed by atoms with E-state index in [9.17, 15) is 14.7 Å². The van der Waals surface area contributed by atoms with Crippen molar-refractivity contribution in [3.05, 3.63) is 76.6 Å². The first-order valence-electron chi connectivity index (χ1n) is 14.8. The molecule has 14 heteroatoms. The molecule has 1 unspecified atom stereocenters. The minimum Gasteiger partial charge on any atom is -0.504 e. The third-order valence-corrected chi connectivity index (χ3v) is 8.88. The molecule has 2 N–H and O–H groups in total. The number of ether oxygens (including phenoxy) is 7. The monoisotopic (exact) mass is 644 g/mol. The molecule has 47 heavy (non-hydrogen) atoms. The Kier molecular flexibility index (Phi) is 7.62. The lowest BCUT2D eigenvalue weighted by Gasteiger charge is -2.39. The fourth-order valence-corrected chi connectivity index (χ4v) is 6.74. The van der Waals surface area contributed by atoms with E-state index in [2.05, 4.69) is 15.6 Å². The standard InChI is InChI=1S/C33H32N4O10/c1-41-23-6-5-16(7-22(23)38)12-37-13-21(35-36-37)32(39)34-30-19-11-25-24(46-15-47-25)10-18(19)28(29-20(30)14-45-33(29)40)17-8-26(42-2)31(44-4)27(9-17)43-3/h5-11,13,20,28-30,38H,12,14-15H2,1-4H3,(H,34,39)/t20-,28?,29-,30+/m0/s1. The van der Waals surface area contributed by atoms with Crippen molar-refractivity contribution in [2.75, 3.05) is 41.8 Å². The second-order valence-corrected chi connectivity index (χ2v) is 11.3. The van der Waals surface area contributed by atoms with Crippen LogP contribution in [0.1, 0.15) is 44.7 Å². The fourth-order valence-electron chi connectivity index (χ4n) is 6.74. The van der Waals surface area contributed by atoms with Crippen LogP contribution in [0.15, 0.2) is 48.7 Å². The molecule has 1 aromatic heterocycles. The van der Waals surface area contributed by atoms with Crippen LogP contribution < -0.4 is 33.7 Å². The number of carbonyl (C=O) groups excluding carboxylic acids is 2. The lowest BCUT2D eigenvalue weighted by Crippen LogP contribution is -2.43. The van der Waals surface area contributed by atoms with Gasteiger partial charge in [-0.05, 0) is 58.7 Å². The van der Waals surface area contributed by atoms with Gasteiger partial charge in [-0.15, -0.1) is 5.10 Å². The number of fused-ring (bicyclic) bond motifs is 3. The van der Waals surface area contributed by atoms with E-state index in [0.717, 1.165) is 22.3 Å². The van der Waals surface area contributed by atoms with E-state index in [-0.39, 0.29) is 37.4 Å². The zero-order valence-corrected chi connectivity index (χ0v) is 26.0. The summed E-state index contributed by atoms with van der Waals surface area (Å²) in [5, 5.41) is 21.4. The summed E-state index contributed by atoms with van der Waals surface area (Å²) in [5.41, 5.74) is 3.07. The maximum absolute atomic E-state index is 13.7. The first-order chi connectivity index (χ1) is 22.8. The molecule has 3 aromatic carbocycles. The van der Waals surface area contributed by atoms with Crippen molar-refractivity contribution in [1.82, 2.24) is 20.3 Å². The van der Waals surface area contributed by atoms with Gasteiger partial charge < -0.3 is 43.6 Å². The molecular formula is C33H32N4O10. The Morgan fingerprint density at radius 3 is 2.30 bits per heavy atom. The molecule has 2 aliphatic heterocycles. The topological polar surface area (TPSA) is 162 Å². The Labute approximate surface area is 269 Å². The lowest BCUT2D eigenvalue weighted by atomic mass is 9.65. The van der Waals surface area contributed by atoms with Crippen LogP contribution in [0.5, 0.6) is 40.2 Å². The number of hydrogen-bond donors (Lipinski definition) is 2. The summed E-state index contributed by atoms with van der Waals surface area (Å²) >= 11 is 0. The summed E-state index contributed by atoms with van der Waals surface area (Å²) < 4.78 is 40.5. The van der Waals surface area contributed by atoms with Gasteiger partial charge in [0.25, 0.3) is 5.91 Å². The number of methoxy groups -OCH3 is 4. The number of carbonyl (C=O) groups is 2. The quantitative estimate of drug-likeness (QED) is 0.257. The number of benzene rings is 3. The van der Waals surface area contributed by atoms with Gasteiger partial charge in [-0.25, -0.2) is 4.68 Å². The number of hydrogen-bond acceptors (Lipinski definition) is 12. The largest absolute Gasteiger partial charge is 0.504 e. The van der Waals surface area contributed by atoms with Crippen molar-refractivity contribution >= 4 is 11.9 Å². The molecule has 7 rings (SSSR count). The Morgan fingerprint density at radius 2 is 1.64 bits per heavy atom. The number of rotatable bonds is 9. The highest BCUT2D eigenvalue weighted by atomic mass is 16.7. The lowest BCUT2D eigenvalue weighted by molar-refractivity contribution is -0.141. The number of aromatic nitrogens is 3. The predicted molar refractivity (Wildman–Crippen MR) is 162 cm³/mol. The summed E-state index contributed by atoms with van der Waals surface area (Å²) in [4.78, 5) is 27.2. The molecule has 1 fully saturated rings. The number of phenols is 1. The molecule has 3 heterocycles. The Hall–Kier alpha value is -5.66. The van der Waals surface area contributed by atoms with E-state index in [1.807, 2.05) is 24.3 Å². The van der Waals surface area contributed by atoms with E-state index in [1.54, 1.807) is 18.2 Å². The maximum Gasteiger partial charge on any atom is 0.310 e. The third kappa shape index (κ3) is 5.15. The van der Waals surface area contributed by atoms with Crippen LogP contribution in [0.3, 0.4) is 0 Å². The van der Waals surface area contributed by atoms with Gasteiger partial charge in [0.05, 0.1) is 59.7 Å². The Morgan fingerprint density at radius 1 is 0.936 bits per heavy atom. The van der Waals surface area contributed by atoms with Crippen molar-refractivity contribution in [2.45, 2.75) is 18.5 Å². The van der Waals surface area contributed by atoms with E-state index < -0.39 is 29.7 Å². The molecule has 0 spiro atoms. The zero-order chi connectivity index (χ0) is 32.8. The molecule has 4 aromatic rings. The molecule has 4 atom stereocenters. The second-order valence-electron chi connectivity index (χ2n) is 11.3. The fraction of sp³-hybridized carbons (Fsp3) is 0.333. The molecule has 1 saturated heterocycles. The third-order valence-electron chi connectivity index (χ3n) is 8.88. The average Bonchev–Trinajstić information content (AvgIpc) is 3.83. The van der Waals surface area contributed by atoms with Crippen LogP contribution in [0, 0.1) is 11.8 Å². The highest BCUT2D eigenvalue weighted by molar-refractivity contribution is 5.92. The highest BCUT2D eigenvalue weighted by Crippen LogP contribution is 2.55. The molecule has 0 saturated carbocycles. The predicted octanol–water partition coefficient (Wildman–Crippen LogP) is 3.20. The normalized spacial score (nSPS) is 20.6. The Balaban J connectivity index is 1.25. The van der Waals surface area contributed by atoms with Crippen LogP contribution in [0.4, 0.5) is 0 Å². The number of esters is 1. The molecule has 1 aliphatic carbocycles. The molecule has 0 bridgehead atoms. The van der Waals surface area contributed by atoms with Crippen LogP contribution in [-0.2, 0) is 16.1 Å². The minimum atomic E-state index is -0.658. The summed E-state index contributed by atoms with van der Waals surface area (Å²) in [6.45, 7) is 0.405. The van der Waals surface area contributed by atoms with Gasteiger partial charge in [0, 0.05) is 11.8 Å². The zero-order valence-electron chi connectivity index (χ0n) is 26.0. The molecule has 0 radical (unpaired) electrons. The van der Waals surface area contributed by atoms with Gasteiger partial charge in [-0.1, -0.05) is 11.3 Å². The van der Waals surface area contributed by atoms with E-state index >= 15 is 0 Å². The Bertz CT molecular complexity index is 1850. The smallest absolute Gasteiger partial charge is 0.310 e. The van der Waals surface area contributed by atoms with Gasteiger partial charge in [-0.2, -0.15) is 0 Å². The van der Waals surface area contributed by atoms with Gasteiger partial charge in [0.1, 0.15) is 0 Å². The summed E-state index contributed by atoms with van der Waals surface area (Å²) in [6.07, 6.45) is 1.52. The van der Waals surface area contributed by atoms with Crippen LogP contribution in [0.2, 0.25) is 0 Å². The number of phenolic OH excluding ortho intramolecular Hbond substituents is 1. The van der Waals surface area contributed by atoms with Crippen LogP contribution in [0.25, 0.3) is 0 Å². The number of nitrogens with zero attached hydrogens (tertiary/aromatic N) is 3. The first kappa shape index (κ1) is 30.0. The molecule has 1 amide bonds. The SMILES string of the molecule is COc1ccc(Cn2cc(C(=O)N[C@@H]3c4cc5c(cc4C(c4cc(OC)c(OC)c(OC)c4)[C@H]4C(=O)OC[C@H]34)OCO5)nn2)cc1O. The van der Waals surface area contributed by atoms with Gasteiger partial charge in [0.15, 0.2) is 40.2 Å². The number of aromatic hydroxyl groups is 1. The van der Waals surface area contributed by atoms with Crippen LogP contribution in [-0.4, -0.2) is 73.8 Å². The molecule has 244 valence electrons. The maximum atomic E-state index is 13.7. The van der Waals surface area contributed by atoms with E-state index in [1.165, 1.54) is 39.3 Å². The highest BCUT2D eigenvalue weighted by Gasteiger charge is 2.53. The van der Waals surface area contributed by atoms with E-state index in [4.69, 9.17) is 33.2 Å². The average molecular weight is 645 g/mol. The van der Waals surface area contributed by atoms with Crippen molar-refractivity contribution in [3.8, 4) is 40.2 Å². The minimum absolute atomic E-state index is 0.00683. The van der Waals surface area contributed by atoms with Crippen molar-refractivity contribution < 1.29 is 47.9 Å².